The molecule has 0 radical (unpaired) electrons. The number of hydrogen-bond acceptors (Lipinski definition) is 9. The molecular weight excluding hydrogens is 399 g/mol. The molecule has 0 heterocycles. The number of hydrogen-bond donors (Lipinski definition) is 2. The van der Waals surface area contributed by atoms with E-state index < -0.39 is 49.3 Å². The number of ether oxygens (including phenoxy) is 2. The molecule has 0 saturated carbocycles. The van der Waals surface area contributed by atoms with Gasteiger partial charge in [0.2, 0.25) is 0 Å². The summed E-state index contributed by atoms with van der Waals surface area (Å²) in [5, 5.41) is 0. The number of Topliss-reactive ketones (excluding diaryl/α,β-unsaturated/α-hetero) is 1. The monoisotopic (exact) mass is 430 g/mol. The van der Waals surface area contributed by atoms with E-state index in [1.54, 1.807) is 45.0 Å². The van der Waals surface area contributed by atoms with Gasteiger partial charge in [0, 0.05) is 13.3 Å². The summed E-state index contributed by atoms with van der Waals surface area (Å²) in [6.07, 6.45) is -2.18. The molecular formula is C19H31N2O7P. The van der Waals surface area contributed by atoms with E-state index in [-0.39, 0.29) is 12.8 Å². The molecule has 9 nitrogen and oxygen atoms in total. The van der Waals surface area contributed by atoms with Crippen LogP contribution >= 0.6 is 7.37 Å². The van der Waals surface area contributed by atoms with E-state index in [2.05, 4.69) is 0 Å². The van der Waals surface area contributed by atoms with Crippen molar-refractivity contribution in [3.63, 3.8) is 0 Å². The highest BCUT2D eigenvalue weighted by molar-refractivity contribution is 7.57. The molecule has 0 saturated heterocycles. The highest BCUT2D eigenvalue weighted by Gasteiger charge is 2.37. The SMILES string of the molecule is CC(C)(C)OC(=O)CC(C(=O)OCc1ccccc1)C(=O)[C@@H](N)OP(C)(C)=O.N. The molecule has 29 heavy (non-hydrogen) atoms. The Morgan fingerprint density at radius 2 is 1.66 bits per heavy atom. The van der Waals surface area contributed by atoms with Gasteiger partial charge in [0.25, 0.3) is 0 Å². The highest BCUT2D eigenvalue weighted by Crippen LogP contribution is 2.38. The largest absolute Gasteiger partial charge is 0.460 e. The molecule has 0 aliphatic rings. The molecule has 2 atom stereocenters. The summed E-state index contributed by atoms with van der Waals surface area (Å²) >= 11 is 0. The van der Waals surface area contributed by atoms with Gasteiger partial charge in [-0.05, 0) is 26.3 Å². The lowest BCUT2D eigenvalue weighted by molar-refractivity contribution is -0.165. The van der Waals surface area contributed by atoms with E-state index in [1.807, 2.05) is 6.07 Å². The van der Waals surface area contributed by atoms with Crippen LogP contribution in [-0.4, -0.2) is 42.9 Å². The maximum absolute atomic E-state index is 12.6. The molecule has 1 aromatic carbocycles. The third kappa shape index (κ3) is 10.9. The lowest BCUT2D eigenvalue weighted by atomic mass is 9.99. The van der Waals surface area contributed by atoms with E-state index in [4.69, 9.17) is 19.7 Å². The number of benzene rings is 1. The Labute approximate surface area is 171 Å². The van der Waals surface area contributed by atoms with Crippen molar-refractivity contribution in [2.45, 2.75) is 45.6 Å². The lowest BCUT2D eigenvalue weighted by Crippen LogP contribution is -2.42. The molecule has 10 heteroatoms. The zero-order valence-corrected chi connectivity index (χ0v) is 18.4. The van der Waals surface area contributed by atoms with Crippen molar-refractivity contribution < 1.29 is 32.9 Å². The summed E-state index contributed by atoms with van der Waals surface area (Å²) in [6.45, 7) is 7.49. The maximum Gasteiger partial charge on any atom is 0.317 e. The van der Waals surface area contributed by atoms with Gasteiger partial charge in [-0.3, -0.25) is 24.7 Å². The fourth-order valence-corrected chi connectivity index (χ4v) is 2.85. The fourth-order valence-electron chi connectivity index (χ4n) is 2.20. The second kappa shape index (κ2) is 11.2. The van der Waals surface area contributed by atoms with Gasteiger partial charge in [0.05, 0.1) is 6.42 Å². The predicted octanol–water partition coefficient (Wildman–Crippen LogP) is 2.65. The van der Waals surface area contributed by atoms with Crippen LogP contribution in [0.1, 0.15) is 32.8 Å². The van der Waals surface area contributed by atoms with E-state index in [1.165, 1.54) is 13.3 Å². The number of nitrogens with two attached hydrogens (primary N) is 1. The van der Waals surface area contributed by atoms with Crippen LogP contribution in [0.25, 0.3) is 0 Å². The first-order valence-corrected chi connectivity index (χ1v) is 11.3. The standard InChI is InChI=1S/C19H28NO7P.H3N/c1-19(2,3)26-15(21)11-14(16(22)17(20)27-28(4,5)24)18(23)25-12-13-9-7-6-8-10-13;/h6-10,14,17H,11-12,20H2,1-5H3;1H3/t14?,17-;/m0./s1. The number of rotatable bonds is 9. The topological polar surface area (TPSA) is 157 Å². The van der Waals surface area contributed by atoms with Crippen LogP contribution in [0.2, 0.25) is 0 Å². The molecule has 0 aliphatic carbocycles. The second-order valence-corrected chi connectivity index (χ2v) is 10.3. The molecule has 164 valence electrons. The van der Waals surface area contributed by atoms with Crippen molar-refractivity contribution in [2.24, 2.45) is 11.7 Å². The van der Waals surface area contributed by atoms with Gasteiger partial charge in [-0.25, -0.2) is 0 Å². The highest BCUT2D eigenvalue weighted by atomic mass is 31.2. The van der Waals surface area contributed by atoms with Crippen LogP contribution in [0, 0.1) is 5.92 Å². The van der Waals surface area contributed by atoms with Gasteiger partial charge in [0.15, 0.2) is 19.4 Å². The third-order valence-corrected chi connectivity index (χ3v) is 4.03. The minimum Gasteiger partial charge on any atom is -0.460 e. The summed E-state index contributed by atoms with van der Waals surface area (Å²) in [5.74, 6) is -4.11. The smallest absolute Gasteiger partial charge is 0.317 e. The van der Waals surface area contributed by atoms with Gasteiger partial charge in [0.1, 0.15) is 18.1 Å². The molecule has 0 spiro atoms. The number of esters is 2. The average Bonchev–Trinajstić information content (AvgIpc) is 2.54. The molecule has 0 aliphatic heterocycles. The number of carbonyl (C=O) groups excluding carboxylic acids is 3. The van der Waals surface area contributed by atoms with Crippen molar-refractivity contribution in [2.75, 3.05) is 13.3 Å². The van der Waals surface area contributed by atoms with Crippen molar-refractivity contribution in [1.82, 2.24) is 6.15 Å². The van der Waals surface area contributed by atoms with Gasteiger partial charge in [-0.2, -0.15) is 0 Å². The van der Waals surface area contributed by atoms with Gasteiger partial charge in [-0.15, -0.1) is 0 Å². The van der Waals surface area contributed by atoms with E-state index >= 15 is 0 Å². The Morgan fingerprint density at radius 3 is 2.14 bits per heavy atom. The molecule has 5 N–H and O–H groups in total. The van der Waals surface area contributed by atoms with E-state index in [9.17, 15) is 18.9 Å². The summed E-state index contributed by atoms with van der Waals surface area (Å²) in [4.78, 5) is 37.2. The average molecular weight is 430 g/mol. The van der Waals surface area contributed by atoms with Crippen LogP contribution in [0.3, 0.4) is 0 Å². The van der Waals surface area contributed by atoms with Crippen LogP contribution in [0.4, 0.5) is 0 Å². The van der Waals surface area contributed by atoms with Crippen LogP contribution in [0.15, 0.2) is 30.3 Å². The normalized spacial score (nSPS) is 13.6. The molecule has 1 rings (SSSR count). The van der Waals surface area contributed by atoms with Crippen molar-refractivity contribution in [3.05, 3.63) is 35.9 Å². The summed E-state index contributed by atoms with van der Waals surface area (Å²) in [7, 11) is -3.09. The Morgan fingerprint density at radius 1 is 1.10 bits per heavy atom. The van der Waals surface area contributed by atoms with Crippen LogP contribution in [-0.2, 0) is 39.6 Å². The minimum atomic E-state index is -3.09. The summed E-state index contributed by atoms with van der Waals surface area (Å²) in [6, 6.07) is 8.85. The fraction of sp³-hybridized carbons (Fsp3) is 0.526. The first-order valence-electron chi connectivity index (χ1n) is 8.73. The Balaban J connectivity index is 0.00000784. The molecule has 0 amide bonds. The summed E-state index contributed by atoms with van der Waals surface area (Å²) < 4.78 is 27.1. The number of carbonyl (C=O) groups is 3. The first-order chi connectivity index (χ1) is 12.8. The molecule has 1 aromatic rings. The number of ketones is 1. The summed E-state index contributed by atoms with van der Waals surface area (Å²) in [5.41, 5.74) is 5.57. The zero-order chi connectivity index (χ0) is 21.5. The molecule has 0 bridgehead atoms. The lowest BCUT2D eigenvalue weighted by Gasteiger charge is -2.23. The Kier molecular flexibility index (Phi) is 10.4. The van der Waals surface area contributed by atoms with Crippen LogP contribution in [0.5, 0.6) is 0 Å². The quantitative estimate of drug-likeness (QED) is 0.260. The van der Waals surface area contributed by atoms with Gasteiger partial charge < -0.3 is 20.1 Å². The van der Waals surface area contributed by atoms with Gasteiger partial charge >= 0.3 is 11.9 Å². The molecule has 0 fully saturated rings. The minimum absolute atomic E-state index is 0. The zero-order valence-electron chi connectivity index (χ0n) is 17.5. The molecule has 0 aromatic heterocycles. The third-order valence-electron chi connectivity index (χ3n) is 3.29. The van der Waals surface area contributed by atoms with Crippen molar-refractivity contribution in [3.8, 4) is 0 Å². The van der Waals surface area contributed by atoms with E-state index in [0.717, 1.165) is 0 Å². The maximum atomic E-state index is 12.6. The van der Waals surface area contributed by atoms with Crippen LogP contribution < -0.4 is 11.9 Å². The molecule has 1 unspecified atom stereocenters. The Bertz CT molecular complexity index is 741. The second-order valence-electron chi connectivity index (χ2n) is 7.62. The van der Waals surface area contributed by atoms with Crippen molar-refractivity contribution >= 4 is 25.1 Å². The first kappa shape index (κ1) is 26.9. The van der Waals surface area contributed by atoms with Gasteiger partial charge in [-0.1, -0.05) is 30.3 Å². The van der Waals surface area contributed by atoms with Crippen molar-refractivity contribution in [1.29, 1.82) is 0 Å². The Hall–Kier alpha value is -2.06. The predicted molar refractivity (Wildman–Crippen MR) is 109 cm³/mol. The van der Waals surface area contributed by atoms with E-state index in [0.29, 0.717) is 5.56 Å².